The highest BCUT2D eigenvalue weighted by Gasteiger charge is 2.16. The van der Waals surface area contributed by atoms with Crippen LogP contribution in [-0.4, -0.2) is 38.4 Å². The predicted molar refractivity (Wildman–Crippen MR) is 95.2 cm³/mol. The number of nitrogens with one attached hydrogen (secondary N) is 1. The number of fused-ring (bicyclic) bond motifs is 1. The molecule has 0 saturated carbocycles. The number of benzene rings is 2. The van der Waals surface area contributed by atoms with Crippen molar-refractivity contribution in [3.63, 3.8) is 0 Å². The van der Waals surface area contributed by atoms with E-state index in [1.807, 2.05) is 31.1 Å². The summed E-state index contributed by atoms with van der Waals surface area (Å²) >= 11 is 0. The maximum absolute atomic E-state index is 12.2. The number of carbonyl (C=O) groups excluding carboxylic acids is 1. The molecule has 6 nitrogen and oxygen atoms in total. The van der Waals surface area contributed by atoms with Crippen molar-refractivity contribution >= 4 is 11.6 Å². The zero-order chi connectivity index (χ0) is 17.8. The van der Waals surface area contributed by atoms with E-state index in [9.17, 15) is 9.90 Å². The van der Waals surface area contributed by atoms with Gasteiger partial charge in [-0.3, -0.25) is 4.79 Å². The molecule has 1 amide bonds. The number of anilines is 1. The minimum atomic E-state index is -0.675. The van der Waals surface area contributed by atoms with E-state index < -0.39 is 6.10 Å². The maximum Gasteiger partial charge on any atom is 0.251 e. The van der Waals surface area contributed by atoms with E-state index in [-0.39, 0.29) is 12.7 Å². The number of hydrogen-bond acceptors (Lipinski definition) is 5. The molecule has 0 aliphatic carbocycles. The summed E-state index contributed by atoms with van der Waals surface area (Å²) in [6.07, 6.45) is -0.257. The molecule has 132 valence electrons. The van der Waals surface area contributed by atoms with Gasteiger partial charge >= 0.3 is 0 Å². The zero-order valence-electron chi connectivity index (χ0n) is 14.4. The lowest BCUT2D eigenvalue weighted by Crippen LogP contribution is -2.25. The van der Waals surface area contributed by atoms with Gasteiger partial charge in [0.25, 0.3) is 5.91 Å². The van der Waals surface area contributed by atoms with Crippen LogP contribution in [0.25, 0.3) is 0 Å². The van der Waals surface area contributed by atoms with E-state index in [0.29, 0.717) is 30.0 Å². The quantitative estimate of drug-likeness (QED) is 0.843. The molecule has 1 atom stereocenters. The monoisotopic (exact) mass is 342 g/mol. The van der Waals surface area contributed by atoms with E-state index in [1.165, 1.54) is 0 Å². The molecule has 0 spiro atoms. The fourth-order valence-electron chi connectivity index (χ4n) is 2.62. The second-order valence-corrected chi connectivity index (χ2v) is 6.11. The number of amides is 1. The molecule has 0 aromatic heterocycles. The first-order valence-corrected chi connectivity index (χ1v) is 8.18. The Kier molecular flexibility index (Phi) is 5.09. The molecule has 0 radical (unpaired) electrons. The Labute approximate surface area is 147 Å². The van der Waals surface area contributed by atoms with E-state index in [1.54, 1.807) is 30.3 Å². The standard InChI is InChI=1S/C19H22N2O4/c1-21(2)15-6-3-13(4-7-15)19(23)20-10-9-16(22)14-5-8-17-18(11-14)25-12-24-17/h3-8,11,16,22H,9-10,12H2,1-2H3,(H,20,23). The molecular weight excluding hydrogens is 320 g/mol. The van der Waals surface area contributed by atoms with Crippen molar-refractivity contribution in [1.29, 1.82) is 0 Å². The molecule has 0 bridgehead atoms. The lowest BCUT2D eigenvalue weighted by molar-refractivity contribution is 0.0942. The average molecular weight is 342 g/mol. The third kappa shape index (κ3) is 4.03. The minimum absolute atomic E-state index is 0.150. The Hall–Kier alpha value is -2.73. The van der Waals surface area contributed by atoms with Gasteiger partial charge in [0.1, 0.15) is 0 Å². The first kappa shape index (κ1) is 17.1. The van der Waals surface area contributed by atoms with Gasteiger partial charge in [0, 0.05) is 31.9 Å². The van der Waals surface area contributed by atoms with Crippen LogP contribution in [0.3, 0.4) is 0 Å². The molecule has 2 N–H and O–H groups in total. The van der Waals surface area contributed by atoms with E-state index in [4.69, 9.17) is 9.47 Å². The summed E-state index contributed by atoms with van der Waals surface area (Å²) in [5, 5.41) is 13.1. The van der Waals surface area contributed by atoms with E-state index in [0.717, 1.165) is 11.3 Å². The van der Waals surface area contributed by atoms with Gasteiger partial charge in [-0.15, -0.1) is 0 Å². The molecule has 1 unspecified atom stereocenters. The van der Waals surface area contributed by atoms with Crippen molar-refractivity contribution in [2.75, 3.05) is 32.3 Å². The van der Waals surface area contributed by atoms with Crippen molar-refractivity contribution in [2.24, 2.45) is 0 Å². The Balaban J connectivity index is 1.51. The first-order valence-electron chi connectivity index (χ1n) is 8.18. The number of rotatable bonds is 6. The topological polar surface area (TPSA) is 71.0 Å². The van der Waals surface area contributed by atoms with Crippen molar-refractivity contribution in [3.8, 4) is 11.5 Å². The molecule has 1 aliphatic rings. The van der Waals surface area contributed by atoms with Gasteiger partial charge in [0.15, 0.2) is 11.5 Å². The lowest BCUT2D eigenvalue weighted by Gasteiger charge is -2.14. The summed E-state index contributed by atoms with van der Waals surface area (Å²) in [4.78, 5) is 14.1. The summed E-state index contributed by atoms with van der Waals surface area (Å²) in [7, 11) is 3.90. The third-order valence-corrected chi connectivity index (χ3v) is 4.13. The Morgan fingerprint density at radius 1 is 1.16 bits per heavy atom. The van der Waals surface area contributed by atoms with E-state index >= 15 is 0 Å². The number of nitrogens with zero attached hydrogens (tertiary/aromatic N) is 1. The van der Waals surface area contributed by atoms with Crippen molar-refractivity contribution in [2.45, 2.75) is 12.5 Å². The first-order chi connectivity index (χ1) is 12.0. The van der Waals surface area contributed by atoms with Crippen LogP contribution >= 0.6 is 0 Å². The molecule has 6 heteroatoms. The van der Waals surface area contributed by atoms with Crippen LogP contribution in [0.2, 0.25) is 0 Å². The van der Waals surface area contributed by atoms with Crippen LogP contribution in [0.5, 0.6) is 11.5 Å². The van der Waals surface area contributed by atoms with Crippen molar-refractivity contribution in [1.82, 2.24) is 5.32 Å². The van der Waals surface area contributed by atoms with Crippen LogP contribution in [0, 0.1) is 0 Å². The zero-order valence-corrected chi connectivity index (χ0v) is 14.4. The number of aliphatic hydroxyl groups excluding tert-OH is 1. The van der Waals surface area contributed by atoms with Crippen LogP contribution in [0.15, 0.2) is 42.5 Å². The Morgan fingerprint density at radius 3 is 2.60 bits per heavy atom. The second-order valence-electron chi connectivity index (χ2n) is 6.11. The summed E-state index contributed by atoms with van der Waals surface area (Å²) < 4.78 is 10.6. The van der Waals surface area contributed by atoms with Gasteiger partial charge in [-0.2, -0.15) is 0 Å². The SMILES string of the molecule is CN(C)c1ccc(C(=O)NCCC(O)c2ccc3c(c2)OCO3)cc1. The third-order valence-electron chi connectivity index (χ3n) is 4.13. The van der Waals surface area contributed by atoms with Crippen LogP contribution in [-0.2, 0) is 0 Å². The molecule has 2 aromatic carbocycles. The predicted octanol–water partition coefficient (Wildman–Crippen LogP) is 2.33. The maximum atomic E-state index is 12.2. The van der Waals surface area contributed by atoms with Crippen molar-refractivity contribution < 1.29 is 19.4 Å². The van der Waals surface area contributed by atoms with Gasteiger partial charge in [0.05, 0.1) is 6.10 Å². The summed E-state index contributed by atoms with van der Waals surface area (Å²) in [6.45, 7) is 0.585. The number of carbonyl (C=O) groups is 1. The Morgan fingerprint density at radius 2 is 1.88 bits per heavy atom. The summed E-state index contributed by atoms with van der Waals surface area (Å²) in [5.74, 6) is 1.18. The van der Waals surface area contributed by atoms with Crippen LogP contribution < -0.4 is 19.7 Å². The minimum Gasteiger partial charge on any atom is -0.454 e. The molecule has 0 saturated heterocycles. The smallest absolute Gasteiger partial charge is 0.251 e. The van der Waals surface area contributed by atoms with Crippen LogP contribution in [0.4, 0.5) is 5.69 Å². The average Bonchev–Trinajstić information content (AvgIpc) is 3.09. The number of ether oxygens (including phenoxy) is 2. The van der Waals surface area contributed by atoms with Gasteiger partial charge in [-0.1, -0.05) is 6.07 Å². The van der Waals surface area contributed by atoms with Crippen molar-refractivity contribution in [3.05, 3.63) is 53.6 Å². The molecule has 25 heavy (non-hydrogen) atoms. The van der Waals surface area contributed by atoms with Gasteiger partial charge in [0.2, 0.25) is 6.79 Å². The highest BCUT2D eigenvalue weighted by atomic mass is 16.7. The highest BCUT2D eigenvalue weighted by Crippen LogP contribution is 2.34. The Bertz CT molecular complexity index is 744. The molecule has 3 rings (SSSR count). The molecule has 0 fully saturated rings. The summed E-state index contributed by atoms with van der Waals surface area (Å²) in [6, 6.07) is 12.7. The normalized spacial score (nSPS) is 13.4. The lowest BCUT2D eigenvalue weighted by atomic mass is 10.1. The fraction of sp³-hybridized carbons (Fsp3) is 0.316. The number of aliphatic hydroxyl groups is 1. The van der Waals surface area contributed by atoms with Gasteiger partial charge < -0.3 is 24.8 Å². The van der Waals surface area contributed by atoms with Gasteiger partial charge in [-0.25, -0.2) is 0 Å². The van der Waals surface area contributed by atoms with Gasteiger partial charge in [-0.05, 0) is 48.4 Å². The summed E-state index contributed by atoms with van der Waals surface area (Å²) in [5.41, 5.74) is 2.38. The molecule has 1 heterocycles. The second kappa shape index (κ2) is 7.44. The largest absolute Gasteiger partial charge is 0.454 e. The molecule has 2 aromatic rings. The van der Waals surface area contributed by atoms with E-state index in [2.05, 4.69) is 5.32 Å². The fourth-order valence-corrected chi connectivity index (χ4v) is 2.62. The molecule has 1 aliphatic heterocycles. The molecular formula is C19H22N2O4. The number of hydrogen-bond donors (Lipinski definition) is 2. The highest BCUT2D eigenvalue weighted by molar-refractivity contribution is 5.94. The van der Waals surface area contributed by atoms with Crippen LogP contribution in [0.1, 0.15) is 28.4 Å².